The molecule has 3 nitrogen and oxygen atoms in total. The van der Waals surface area contributed by atoms with E-state index in [0.717, 1.165) is 27.9 Å². The van der Waals surface area contributed by atoms with Gasteiger partial charge < -0.3 is 0 Å². The molecule has 0 aliphatic rings. The van der Waals surface area contributed by atoms with E-state index in [1.165, 1.54) is 0 Å². The highest BCUT2D eigenvalue weighted by Gasteiger charge is 2.06. The zero-order valence-corrected chi connectivity index (χ0v) is 9.22. The number of hydrogen-bond donors (Lipinski definition) is 0. The Morgan fingerprint density at radius 2 is 1.57 bits per heavy atom. The van der Waals surface area contributed by atoms with E-state index in [9.17, 15) is 0 Å². The van der Waals surface area contributed by atoms with Gasteiger partial charge in [-0.25, -0.2) is 15.0 Å². The molecule has 2 aromatic rings. The summed E-state index contributed by atoms with van der Waals surface area (Å²) >= 11 is 1.58. The Kier molecular flexibility index (Phi) is 2.29. The summed E-state index contributed by atoms with van der Waals surface area (Å²) in [6.45, 7) is 5.92. The number of hydrogen-bond acceptors (Lipinski definition) is 4. The fourth-order valence-electron chi connectivity index (χ4n) is 1.28. The van der Waals surface area contributed by atoms with Crippen LogP contribution >= 0.6 is 11.3 Å². The molecular weight excluding hydrogens is 194 g/mol. The molecule has 0 aliphatic heterocycles. The van der Waals surface area contributed by atoms with Gasteiger partial charge in [-0.3, -0.25) is 0 Å². The Labute approximate surface area is 86.9 Å². The number of aromatic nitrogens is 3. The average Bonchev–Trinajstić information content (AvgIpc) is 2.50. The van der Waals surface area contributed by atoms with E-state index in [1.807, 2.05) is 32.2 Å². The van der Waals surface area contributed by atoms with Crippen molar-refractivity contribution in [3.63, 3.8) is 0 Å². The predicted molar refractivity (Wildman–Crippen MR) is 57.4 cm³/mol. The zero-order chi connectivity index (χ0) is 10.1. The summed E-state index contributed by atoms with van der Waals surface area (Å²) in [6.07, 6.45) is 0. The number of thiazole rings is 1. The smallest absolute Gasteiger partial charge is 0.189 e. The van der Waals surface area contributed by atoms with Crippen molar-refractivity contribution < 1.29 is 0 Å². The van der Waals surface area contributed by atoms with Gasteiger partial charge in [-0.15, -0.1) is 11.3 Å². The van der Waals surface area contributed by atoms with Crippen LogP contribution in [0.3, 0.4) is 0 Å². The number of rotatable bonds is 1. The van der Waals surface area contributed by atoms with Crippen molar-refractivity contribution in [1.82, 2.24) is 15.0 Å². The van der Waals surface area contributed by atoms with Crippen LogP contribution in [-0.4, -0.2) is 15.0 Å². The van der Waals surface area contributed by atoms with E-state index in [-0.39, 0.29) is 0 Å². The molecule has 2 aromatic heterocycles. The first-order chi connectivity index (χ1) is 6.65. The van der Waals surface area contributed by atoms with E-state index in [1.54, 1.807) is 11.3 Å². The first-order valence-corrected chi connectivity index (χ1v) is 5.28. The second kappa shape index (κ2) is 3.46. The molecule has 0 saturated carbocycles. The molecular formula is C10H11N3S. The van der Waals surface area contributed by atoms with E-state index < -0.39 is 0 Å². The average molecular weight is 205 g/mol. The predicted octanol–water partition coefficient (Wildman–Crippen LogP) is 2.53. The zero-order valence-electron chi connectivity index (χ0n) is 8.40. The molecule has 2 rings (SSSR count). The van der Waals surface area contributed by atoms with Crippen LogP contribution in [0, 0.1) is 20.8 Å². The SMILES string of the molecule is Cc1cc(C)nc(-c2nc(C)cs2)n1. The highest BCUT2D eigenvalue weighted by molar-refractivity contribution is 7.13. The van der Waals surface area contributed by atoms with Crippen LogP contribution in [0.2, 0.25) is 0 Å². The normalized spacial score (nSPS) is 10.5. The van der Waals surface area contributed by atoms with Crippen LogP contribution in [0.1, 0.15) is 17.1 Å². The topological polar surface area (TPSA) is 38.7 Å². The maximum atomic E-state index is 4.36. The Balaban J connectivity index is 2.51. The molecule has 0 bridgehead atoms. The van der Waals surface area contributed by atoms with E-state index in [0.29, 0.717) is 0 Å². The van der Waals surface area contributed by atoms with Crippen LogP contribution in [0.15, 0.2) is 11.4 Å². The standard InChI is InChI=1S/C10H11N3S/c1-6-4-7(2)12-9(11-6)10-13-8(3)5-14-10/h4-5H,1-3H3. The summed E-state index contributed by atoms with van der Waals surface area (Å²) in [5.74, 6) is 0.737. The van der Waals surface area contributed by atoms with Crippen molar-refractivity contribution in [1.29, 1.82) is 0 Å². The lowest BCUT2D eigenvalue weighted by Crippen LogP contribution is -1.93. The minimum absolute atomic E-state index is 0.737. The molecule has 0 N–H and O–H groups in total. The van der Waals surface area contributed by atoms with Gasteiger partial charge in [0.15, 0.2) is 10.8 Å². The summed E-state index contributed by atoms with van der Waals surface area (Å²) in [7, 11) is 0. The fraction of sp³-hybridized carbons (Fsp3) is 0.300. The van der Waals surface area contributed by atoms with E-state index >= 15 is 0 Å². The molecule has 72 valence electrons. The maximum Gasteiger partial charge on any atom is 0.189 e. The lowest BCUT2D eigenvalue weighted by Gasteiger charge is -1.98. The van der Waals surface area contributed by atoms with E-state index in [2.05, 4.69) is 15.0 Å². The van der Waals surface area contributed by atoms with Crippen LogP contribution in [0.4, 0.5) is 0 Å². The Bertz CT molecular complexity index is 442. The highest BCUT2D eigenvalue weighted by atomic mass is 32.1. The molecule has 0 atom stereocenters. The largest absolute Gasteiger partial charge is 0.238 e. The van der Waals surface area contributed by atoms with Gasteiger partial charge in [0.1, 0.15) is 0 Å². The lowest BCUT2D eigenvalue weighted by molar-refractivity contribution is 1.05. The number of aryl methyl sites for hydroxylation is 3. The van der Waals surface area contributed by atoms with Crippen molar-refractivity contribution in [2.45, 2.75) is 20.8 Å². The third-order valence-corrected chi connectivity index (χ3v) is 2.75. The van der Waals surface area contributed by atoms with Gasteiger partial charge in [-0.1, -0.05) is 0 Å². The van der Waals surface area contributed by atoms with Gasteiger partial charge in [0, 0.05) is 22.5 Å². The van der Waals surface area contributed by atoms with Crippen molar-refractivity contribution >= 4 is 11.3 Å². The van der Waals surface area contributed by atoms with Crippen LogP contribution in [-0.2, 0) is 0 Å². The monoisotopic (exact) mass is 205 g/mol. The van der Waals surface area contributed by atoms with Crippen molar-refractivity contribution in [3.05, 3.63) is 28.5 Å². The minimum Gasteiger partial charge on any atom is -0.238 e. The summed E-state index contributed by atoms with van der Waals surface area (Å²) in [5.41, 5.74) is 2.99. The summed E-state index contributed by atoms with van der Waals surface area (Å²) in [4.78, 5) is 13.1. The Morgan fingerprint density at radius 3 is 2.07 bits per heavy atom. The fourth-order valence-corrected chi connectivity index (χ4v) is 2.01. The molecule has 14 heavy (non-hydrogen) atoms. The molecule has 2 heterocycles. The van der Waals surface area contributed by atoms with Crippen molar-refractivity contribution in [2.24, 2.45) is 0 Å². The second-order valence-corrected chi connectivity index (χ2v) is 4.13. The quantitative estimate of drug-likeness (QED) is 0.718. The van der Waals surface area contributed by atoms with Gasteiger partial charge in [0.05, 0.1) is 0 Å². The molecule has 0 saturated heterocycles. The number of nitrogens with zero attached hydrogens (tertiary/aromatic N) is 3. The summed E-state index contributed by atoms with van der Waals surface area (Å²) in [5, 5.41) is 2.91. The minimum atomic E-state index is 0.737. The second-order valence-electron chi connectivity index (χ2n) is 3.27. The summed E-state index contributed by atoms with van der Waals surface area (Å²) < 4.78 is 0. The van der Waals surface area contributed by atoms with Gasteiger partial charge in [-0.2, -0.15) is 0 Å². The van der Waals surface area contributed by atoms with Gasteiger partial charge in [-0.05, 0) is 26.8 Å². The van der Waals surface area contributed by atoms with E-state index in [4.69, 9.17) is 0 Å². The third kappa shape index (κ3) is 1.80. The van der Waals surface area contributed by atoms with Gasteiger partial charge >= 0.3 is 0 Å². The molecule has 0 unspecified atom stereocenters. The highest BCUT2D eigenvalue weighted by Crippen LogP contribution is 2.20. The molecule has 0 radical (unpaired) electrons. The molecule has 0 spiro atoms. The van der Waals surface area contributed by atoms with Crippen LogP contribution < -0.4 is 0 Å². The molecule has 0 aliphatic carbocycles. The third-order valence-electron chi connectivity index (χ3n) is 1.79. The first-order valence-electron chi connectivity index (χ1n) is 4.40. The molecule has 0 amide bonds. The Morgan fingerprint density at radius 1 is 0.929 bits per heavy atom. The van der Waals surface area contributed by atoms with Gasteiger partial charge in [0.25, 0.3) is 0 Å². The lowest BCUT2D eigenvalue weighted by atomic mass is 10.3. The Hall–Kier alpha value is -1.29. The van der Waals surface area contributed by atoms with Gasteiger partial charge in [0.2, 0.25) is 0 Å². The maximum absolute atomic E-state index is 4.36. The van der Waals surface area contributed by atoms with Crippen LogP contribution in [0.5, 0.6) is 0 Å². The summed E-state index contributed by atoms with van der Waals surface area (Å²) in [6, 6.07) is 1.96. The van der Waals surface area contributed by atoms with Crippen LogP contribution in [0.25, 0.3) is 10.8 Å². The van der Waals surface area contributed by atoms with Crippen molar-refractivity contribution in [2.75, 3.05) is 0 Å². The van der Waals surface area contributed by atoms with Crippen molar-refractivity contribution in [3.8, 4) is 10.8 Å². The molecule has 0 fully saturated rings. The first kappa shape index (κ1) is 9.27. The molecule has 0 aromatic carbocycles. The molecule has 4 heteroatoms.